The number of carbonyl (C=O) groups excluding carboxylic acids is 2. The van der Waals surface area contributed by atoms with Crippen LogP contribution >= 0.6 is 23.4 Å². The van der Waals surface area contributed by atoms with Crippen molar-refractivity contribution < 1.29 is 18.4 Å². The molecule has 0 unspecified atom stereocenters. The van der Waals surface area contributed by atoms with Gasteiger partial charge in [-0.1, -0.05) is 11.6 Å². The number of amides is 2. The lowest BCUT2D eigenvalue weighted by Crippen LogP contribution is -2.50. The summed E-state index contributed by atoms with van der Waals surface area (Å²) >= 11 is 7.69. The molecule has 1 fully saturated rings. The number of nitrogens with zero attached hydrogens (tertiary/aromatic N) is 2. The van der Waals surface area contributed by atoms with Crippen molar-refractivity contribution in [2.45, 2.75) is 4.90 Å². The fraction of sp³-hybridized carbons (Fsp3) is 0.263. The molecule has 2 amide bonds. The molecule has 4 nitrogen and oxygen atoms in total. The Morgan fingerprint density at radius 2 is 1.56 bits per heavy atom. The van der Waals surface area contributed by atoms with Crippen molar-refractivity contribution in [3.63, 3.8) is 0 Å². The lowest BCUT2D eigenvalue weighted by molar-refractivity contribution is 0.0535. The van der Waals surface area contributed by atoms with E-state index >= 15 is 0 Å². The molecule has 2 aromatic carbocycles. The van der Waals surface area contributed by atoms with Crippen LogP contribution in [0.4, 0.5) is 8.78 Å². The Labute approximate surface area is 165 Å². The van der Waals surface area contributed by atoms with Crippen molar-refractivity contribution in [1.82, 2.24) is 9.80 Å². The van der Waals surface area contributed by atoms with Gasteiger partial charge in [0.15, 0.2) is 11.6 Å². The van der Waals surface area contributed by atoms with Gasteiger partial charge in [-0.25, -0.2) is 8.78 Å². The smallest absolute Gasteiger partial charge is 0.255 e. The van der Waals surface area contributed by atoms with Crippen molar-refractivity contribution in [1.29, 1.82) is 0 Å². The molecule has 1 aliphatic heterocycles. The molecule has 2 aromatic rings. The van der Waals surface area contributed by atoms with Crippen LogP contribution in [0.1, 0.15) is 20.7 Å². The standard InChI is InChI=1S/C19H17ClF2N2O2S/c1-27-13-3-4-15(20)14(11-13)19(26)24-8-6-23(7-9-24)18(25)12-2-5-16(21)17(22)10-12/h2-5,10-11H,6-9H2,1H3. The maximum absolute atomic E-state index is 13.3. The fourth-order valence-electron chi connectivity index (χ4n) is 2.89. The van der Waals surface area contributed by atoms with Crippen LogP contribution in [0.3, 0.4) is 0 Å². The average Bonchev–Trinajstić information content (AvgIpc) is 2.69. The van der Waals surface area contributed by atoms with Gasteiger partial charge < -0.3 is 9.80 Å². The number of hydrogen-bond donors (Lipinski definition) is 0. The number of thioether (sulfide) groups is 1. The van der Waals surface area contributed by atoms with Crippen molar-refractivity contribution in [3.05, 3.63) is 64.2 Å². The van der Waals surface area contributed by atoms with E-state index in [9.17, 15) is 18.4 Å². The Kier molecular flexibility index (Phi) is 6.01. The molecule has 8 heteroatoms. The molecule has 1 heterocycles. The average molecular weight is 411 g/mol. The summed E-state index contributed by atoms with van der Waals surface area (Å²) in [5.74, 6) is -2.62. The van der Waals surface area contributed by atoms with E-state index in [0.29, 0.717) is 36.8 Å². The Morgan fingerprint density at radius 1 is 0.926 bits per heavy atom. The zero-order valence-electron chi connectivity index (χ0n) is 14.5. The number of benzene rings is 2. The fourth-order valence-corrected chi connectivity index (χ4v) is 3.53. The zero-order chi connectivity index (χ0) is 19.6. The molecule has 0 radical (unpaired) electrons. The summed E-state index contributed by atoms with van der Waals surface area (Å²) in [6.07, 6.45) is 1.92. The lowest BCUT2D eigenvalue weighted by Gasteiger charge is -2.35. The number of carbonyl (C=O) groups is 2. The Balaban J connectivity index is 1.67. The highest BCUT2D eigenvalue weighted by molar-refractivity contribution is 7.98. The third kappa shape index (κ3) is 4.25. The normalized spacial score (nSPS) is 14.4. The first kappa shape index (κ1) is 19.6. The van der Waals surface area contributed by atoms with Crippen molar-refractivity contribution >= 4 is 35.2 Å². The predicted octanol–water partition coefficient (Wildman–Crippen LogP) is 3.94. The van der Waals surface area contributed by atoms with Crippen LogP contribution in [0.15, 0.2) is 41.3 Å². The van der Waals surface area contributed by atoms with Gasteiger partial charge >= 0.3 is 0 Å². The summed E-state index contributed by atoms with van der Waals surface area (Å²) in [5, 5.41) is 0.387. The number of hydrogen-bond acceptors (Lipinski definition) is 3. The Morgan fingerprint density at radius 3 is 2.15 bits per heavy atom. The van der Waals surface area contributed by atoms with E-state index in [0.717, 1.165) is 17.0 Å². The van der Waals surface area contributed by atoms with Crippen LogP contribution in [-0.4, -0.2) is 54.0 Å². The van der Waals surface area contributed by atoms with E-state index in [4.69, 9.17) is 11.6 Å². The van der Waals surface area contributed by atoms with Gasteiger partial charge in [0.2, 0.25) is 0 Å². The summed E-state index contributed by atoms with van der Waals surface area (Å²) < 4.78 is 26.4. The summed E-state index contributed by atoms with van der Waals surface area (Å²) in [6, 6.07) is 8.39. The van der Waals surface area contributed by atoms with Crippen LogP contribution in [0, 0.1) is 11.6 Å². The molecule has 0 atom stereocenters. The highest BCUT2D eigenvalue weighted by atomic mass is 35.5. The molecule has 0 bridgehead atoms. The molecule has 0 N–H and O–H groups in total. The molecule has 3 rings (SSSR count). The number of piperazine rings is 1. The van der Waals surface area contributed by atoms with Crippen LogP contribution in [0.2, 0.25) is 5.02 Å². The van der Waals surface area contributed by atoms with E-state index < -0.39 is 11.6 Å². The maximum atomic E-state index is 13.3. The van der Waals surface area contributed by atoms with Crippen molar-refractivity contribution in [2.75, 3.05) is 32.4 Å². The Hall–Kier alpha value is -2.12. The first-order valence-corrected chi connectivity index (χ1v) is 9.88. The predicted molar refractivity (Wildman–Crippen MR) is 101 cm³/mol. The highest BCUT2D eigenvalue weighted by Crippen LogP contribution is 2.25. The van der Waals surface area contributed by atoms with Crippen LogP contribution < -0.4 is 0 Å². The van der Waals surface area contributed by atoms with E-state index in [1.165, 1.54) is 22.7 Å². The van der Waals surface area contributed by atoms with E-state index in [1.807, 2.05) is 12.3 Å². The molecule has 1 saturated heterocycles. The highest BCUT2D eigenvalue weighted by Gasteiger charge is 2.27. The minimum atomic E-state index is -1.06. The second-order valence-electron chi connectivity index (χ2n) is 6.06. The van der Waals surface area contributed by atoms with Crippen LogP contribution in [0.5, 0.6) is 0 Å². The number of rotatable bonds is 3. The first-order chi connectivity index (χ1) is 12.9. The first-order valence-electron chi connectivity index (χ1n) is 8.28. The van der Waals surface area contributed by atoms with Gasteiger partial charge in [-0.05, 0) is 42.7 Å². The van der Waals surface area contributed by atoms with Gasteiger partial charge in [0.05, 0.1) is 10.6 Å². The third-order valence-electron chi connectivity index (χ3n) is 4.42. The largest absolute Gasteiger partial charge is 0.335 e. The van der Waals surface area contributed by atoms with Crippen molar-refractivity contribution in [2.24, 2.45) is 0 Å². The SMILES string of the molecule is CSc1ccc(Cl)c(C(=O)N2CCN(C(=O)c3ccc(F)c(F)c3)CC2)c1. The molecular weight excluding hydrogens is 394 g/mol. The Bertz CT molecular complexity index is 886. The van der Waals surface area contributed by atoms with Gasteiger partial charge in [-0.3, -0.25) is 9.59 Å². The van der Waals surface area contributed by atoms with Crippen LogP contribution in [0.25, 0.3) is 0 Å². The van der Waals surface area contributed by atoms with Gasteiger partial charge in [0.25, 0.3) is 11.8 Å². The molecule has 0 saturated carbocycles. The molecule has 1 aliphatic rings. The van der Waals surface area contributed by atoms with Gasteiger partial charge in [-0.15, -0.1) is 11.8 Å². The summed E-state index contributed by atoms with van der Waals surface area (Å²) in [6.45, 7) is 1.30. The third-order valence-corrected chi connectivity index (χ3v) is 5.48. The second-order valence-corrected chi connectivity index (χ2v) is 7.35. The number of halogens is 3. The monoisotopic (exact) mass is 410 g/mol. The van der Waals surface area contributed by atoms with Crippen LogP contribution in [-0.2, 0) is 0 Å². The summed E-state index contributed by atoms with van der Waals surface area (Å²) in [7, 11) is 0. The maximum Gasteiger partial charge on any atom is 0.255 e. The van der Waals surface area contributed by atoms with E-state index in [2.05, 4.69) is 0 Å². The molecule has 0 spiro atoms. The van der Waals surface area contributed by atoms with Gasteiger partial charge in [-0.2, -0.15) is 0 Å². The summed E-state index contributed by atoms with van der Waals surface area (Å²) in [5.41, 5.74) is 0.522. The van der Waals surface area contributed by atoms with Crippen molar-refractivity contribution in [3.8, 4) is 0 Å². The molecule has 142 valence electrons. The quantitative estimate of drug-likeness (QED) is 0.720. The van der Waals surface area contributed by atoms with E-state index in [-0.39, 0.29) is 17.4 Å². The molecule has 0 aliphatic carbocycles. The second kappa shape index (κ2) is 8.27. The van der Waals surface area contributed by atoms with Gasteiger partial charge in [0, 0.05) is 36.6 Å². The molecule has 0 aromatic heterocycles. The van der Waals surface area contributed by atoms with Gasteiger partial charge in [0.1, 0.15) is 0 Å². The topological polar surface area (TPSA) is 40.6 Å². The van der Waals surface area contributed by atoms with E-state index in [1.54, 1.807) is 17.0 Å². The minimum Gasteiger partial charge on any atom is -0.335 e. The summed E-state index contributed by atoms with van der Waals surface area (Å²) in [4.78, 5) is 29.3. The zero-order valence-corrected chi connectivity index (χ0v) is 16.1. The lowest BCUT2D eigenvalue weighted by atomic mass is 10.1. The minimum absolute atomic E-state index is 0.0874. The molecule has 27 heavy (non-hydrogen) atoms. The molecular formula is C19H17ClF2N2O2S.